The van der Waals surface area contributed by atoms with E-state index in [-0.39, 0.29) is 6.54 Å². The molecule has 3 aromatic carbocycles. The molecule has 1 saturated heterocycles. The number of thiazole rings is 1. The molecular formula is C28H24N4O3S. The van der Waals surface area contributed by atoms with Crippen LogP contribution in [0.1, 0.15) is 12.5 Å². The van der Waals surface area contributed by atoms with Gasteiger partial charge in [0.15, 0.2) is 5.13 Å². The van der Waals surface area contributed by atoms with Gasteiger partial charge in [-0.05, 0) is 29.3 Å². The van der Waals surface area contributed by atoms with Gasteiger partial charge < -0.3 is 5.32 Å². The minimum atomic E-state index is -1.27. The van der Waals surface area contributed by atoms with Crippen LogP contribution in [-0.4, -0.2) is 40.8 Å². The van der Waals surface area contributed by atoms with E-state index in [1.165, 1.54) is 16.2 Å². The van der Waals surface area contributed by atoms with Crippen LogP contribution in [0.5, 0.6) is 0 Å². The molecule has 1 aliphatic heterocycles. The maximum absolute atomic E-state index is 13.5. The lowest BCUT2D eigenvalue weighted by Gasteiger charge is -2.24. The summed E-state index contributed by atoms with van der Waals surface area (Å²) in [5.74, 6) is -0.895. The topological polar surface area (TPSA) is 82.6 Å². The van der Waals surface area contributed by atoms with Crippen LogP contribution in [0.25, 0.3) is 22.0 Å². The lowest BCUT2D eigenvalue weighted by Crippen LogP contribution is -2.44. The normalized spacial score (nSPS) is 17.3. The molecule has 0 aliphatic carbocycles. The molecule has 2 heterocycles. The van der Waals surface area contributed by atoms with Crippen molar-refractivity contribution in [3.05, 3.63) is 96.4 Å². The summed E-state index contributed by atoms with van der Waals surface area (Å²) in [4.78, 5) is 46.7. The van der Waals surface area contributed by atoms with Gasteiger partial charge in [-0.25, -0.2) is 9.78 Å². The Morgan fingerprint density at radius 2 is 1.81 bits per heavy atom. The molecule has 1 unspecified atom stereocenters. The standard InChI is InChI=1S/C28H24N4O3S/c1-3-15-31(27-29-23(18-36-27)20-10-5-4-6-11-20)24(33)17-32-25(34)28(2,30-26(32)35)22-14-13-19-9-7-8-12-21(19)16-22/h3-14,16,18H,1,15,17H2,2H3,(H,30,35). The summed E-state index contributed by atoms with van der Waals surface area (Å²) in [6.45, 7) is 5.21. The summed E-state index contributed by atoms with van der Waals surface area (Å²) < 4.78 is 0. The molecule has 180 valence electrons. The summed E-state index contributed by atoms with van der Waals surface area (Å²) in [6, 6.07) is 22.5. The predicted molar refractivity (Wildman–Crippen MR) is 142 cm³/mol. The van der Waals surface area contributed by atoms with Crippen LogP contribution in [0.2, 0.25) is 0 Å². The number of amides is 4. The molecule has 8 heteroatoms. The average Bonchev–Trinajstić information content (AvgIpc) is 3.47. The van der Waals surface area contributed by atoms with E-state index in [2.05, 4.69) is 16.9 Å². The monoisotopic (exact) mass is 496 g/mol. The van der Waals surface area contributed by atoms with Gasteiger partial charge in [0.05, 0.1) is 5.69 Å². The Kier molecular flexibility index (Phi) is 6.12. The molecule has 4 aromatic rings. The maximum atomic E-state index is 13.5. The van der Waals surface area contributed by atoms with Gasteiger partial charge in [-0.2, -0.15) is 0 Å². The number of nitrogens with zero attached hydrogens (tertiary/aromatic N) is 3. The predicted octanol–water partition coefficient (Wildman–Crippen LogP) is 4.95. The molecule has 1 aromatic heterocycles. The molecular weight excluding hydrogens is 472 g/mol. The highest BCUT2D eigenvalue weighted by atomic mass is 32.1. The number of hydrogen-bond acceptors (Lipinski definition) is 5. The molecule has 1 fully saturated rings. The molecule has 0 radical (unpaired) electrons. The Hall–Kier alpha value is -4.30. The van der Waals surface area contributed by atoms with E-state index >= 15 is 0 Å². The van der Waals surface area contributed by atoms with Gasteiger partial charge in [-0.15, -0.1) is 17.9 Å². The van der Waals surface area contributed by atoms with E-state index in [1.807, 2.05) is 78.2 Å². The van der Waals surface area contributed by atoms with E-state index in [4.69, 9.17) is 0 Å². The van der Waals surface area contributed by atoms with Gasteiger partial charge in [-0.3, -0.25) is 19.4 Å². The Labute approximate surface area is 212 Å². The minimum absolute atomic E-state index is 0.201. The van der Waals surface area contributed by atoms with Crippen LogP contribution in [0.3, 0.4) is 0 Å². The molecule has 5 rings (SSSR count). The number of rotatable bonds is 7. The first kappa shape index (κ1) is 23.4. The molecule has 1 N–H and O–H groups in total. The van der Waals surface area contributed by atoms with Crippen molar-refractivity contribution in [2.45, 2.75) is 12.5 Å². The van der Waals surface area contributed by atoms with Crippen LogP contribution < -0.4 is 10.2 Å². The van der Waals surface area contributed by atoms with Crippen molar-refractivity contribution in [3.8, 4) is 11.3 Å². The molecule has 36 heavy (non-hydrogen) atoms. The number of nitrogens with one attached hydrogen (secondary N) is 1. The third kappa shape index (κ3) is 4.16. The Bertz CT molecular complexity index is 1480. The fourth-order valence-corrected chi connectivity index (χ4v) is 5.16. The molecule has 0 saturated carbocycles. The molecule has 7 nitrogen and oxygen atoms in total. The van der Waals surface area contributed by atoms with Gasteiger partial charge in [-0.1, -0.05) is 72.8 Å². The Morgan fingerprint density at radius 1 is 1.08 bits per heavy atom. The van der Waals surface area contributed by atoms with E-state index in [1.54, 1.807) is 13.0 Å². The second-order valence-corrected chi connectivity index (χ2v) is 9.52. The van der Waals surface area contributed by atoms with E-state index in [0.29, 0.717) is 10.7 Å². The number of hydrogen-bond donors (Lipinski definition) is 1. The van der Waals surface area contributed by atoms with Crippen molar-refractivity contribution >= 4 is 45.1 Å². The Balaban J connectivity index is 1.38. The van der Waals surface area contributed by atoms with Gasteiger partial charge >= 0.3 is 6.03 Å². The summed E-state index contributed by atoms with van der Waals surface area (Å²) in [5, 5.41) is 7.13. The highest BCUT2D eigenvalue weighted by molar-refractivity contribution is 7.14. The zero-order valence-electron chi connectivity index (χ0n) is 19.7. The first-order valence-corrected chi connectivity index (χ1v) is 12.3. The van der Waals surface area contributed by atoms with Crippen LogP contribution in [0.4, 0.5) is 9.93 Å². The summed E-state index contributed by atoms with van der Waals surface area (Å²) in [5.41, 5.74) is 1.07. The first-order chi connectivity index (χ1) is 17.4. The number of fused-ring (bicyclic) bond motifs is 1. The van der Waals surface area contributed by atoms with Gasteiger partial charge in [0.1, 0.15) is 12.1 Å². The third-order valence-corrected chi connectivity index (χ3v) is 7.16. The largest absolute Gasteiger partial charge is 0.325 e. The van der Waals surface area contributed by atoms with Crippen LogP contribution in [0, 0.1) is 0 Å². The van der Waals surface area contributed by atoms with Crippen molar-refractivity contribution < 1.29 is 14.4 Å². The van der Waals surface area contributed by atoms with Crippen LogP contribution in [0.15, 0.2) is 90.8 Å². The molecule has 4 amide bonds. The summed E-state index contributed by atoms with van der Waals surface area (Å²) >= 11 is 1.32. The molecule has 1 atom stereocenters. The minimum Gasteiger partial charge on any atom is -0.319 e. The van der Waals surface area contributed by atoms with E-state index in [9.17, 15) is 14.4 Å². The second kappa shape index (κ2) is 9.39. The zero-order chi connectivity index (χ0) is 25.3. The lowest BCUT2D eigenvalue weighted by atomic mass is 9.90. The van der Waals surface area contributed by atoms with Crippen molar-refractivity contribution in [1.29, 1.82) is 0 Å². The molecule has 1 aliphatic rings. The van der Waals surface area contributed by atoms with Crippen LogP contribution >= 0.6 is 11.3 Å². The molecule has 0 bridgehead atoms. The zero-order valence-corrected chi connectivity index (χ0v) is 20.5. The van der Waals surface area contributed by atoms with Crippen molar-refractivity contribution in [2.75, 3.05) is 18.0 Å². The molecule has 0 spiro atoms. The number of carbonyl (C=O) groups excluding carboxylic acids is 3. The average molecular weight is 497 g/mol. The third-order valence-electron chi connectivity index (χ3n) is 6.30. The van der Waals surface area contributed by atoms with Crippen molar-refractivity contribution in [3.63, 3.8) is 0 Å². The summed E-state index contributed by atoms with van der Waals surface area (Å²) in [7, 11) is 0. The number of imide groups is 1. The first-order valence-electron chi connectivity index (χ1n) is 11.5. The maximum Gasteiger partial charge on any atom is 0.325 e. The summed E-state index contributed by atoms with van der Waals surface area (Å²) in [6.07, 6.45) is 1.59. The lowest BCUT2D eigenvalue weighted by molar-refractivity contribution is -0.134. The number of carbonyl (C=O) groups is 3. The fraction of sp³-hybridized carbons (Fsp3) is 0.143. The van der Waals surface area contributed by atoms with Gasteiger partial charge in [0, 0.05) is 17.5 Å². The SMILES string of the molecule is C=CCN(C(=O)CN1C(=O)NC(C)(c2ccc3ccccc3c2)C1=O)c1nc(-c2ccccc2)cs1. The van der Waals surface area contributed by atoms with Crippen LogP contribution in [-0.2, 0) is 15.1 Å². The fourth-order valence-electron chi connectivity index (χ4n) is 4.30. The number of urea groups is 1. The smallest absolute Gasteiger partial charge is 0.319 e. The second-order valence-electron chi connectivity index (χ2n) is 8.68. The number of benzene rings is 3. The van der Waals surface area contributed by atoms with Gasteiger partial charge in [0.25, 0.3) is 5.91 Å². The highest BCUT2D eigenvalue weighted by Gasteiger charge is 2.49. The van der Waals surface area contributed by atoms with E-state index < -0.39 is 29.9 Å². The van der Waals surface area contributed by atoms with Crippen molar-refractivity contribution in [1.82, 2.24) is 15.2 Å². The van der Waals surface area contributed by atoms with E-state index in [0.717, 1.165) is 26.9 Å². The van der Waals surface area contributed by atoms with Crippen molar-refractivity contribution in [2.24, 2.45) is 0 Å². The van der Waals surface area contributed by atoms with Gasteiger partial charge in [0.2, 0.25) is 5.91 Å². The highest BCUT2D eigenvalue weighted by Crippen LogP contribution is 2.32. The number of aromatic nitrogens is 1. The Morgan fingerprint density at radius 3 is 2.56 bits per heavy atom. The number of anilines is 1. The quantitative estimate of drug-likeness (QED) is 0.290.